The molecule has 0 radical (unpaired) electrons. The van der Waals surface area contributed by atoms with Crippen molar-refractivity contribution in [3.63, 3.8) is 0 Å². The SMILES string of the molecule is C#CCN1C(=O)NC(=N)C1c1ccc(OCC(N)=O)cc1. The van der Waals surface area contributed by atoms with Gasteiger partial charge in [0.2, 0.25) is 0 Å². The van der Waals surface area contributed by atoms with Crippen LogP contribution < -0.4 is 15.8 Å². The third kappa shape index (κ3) is 3.12. The minimum Gasteiger partial charge on any atom is -0.484 e. The molecule has 7 nitrogen and oxygen atoms in total. The van der Waals surface area contributed by atoms with Crippen LogP contribution in [-0.4, -0.2) is 35.8 Å². The van der Waals surface area contributed by atoms with Gasteiger partial charge in [0, 0.05) is 0 Å². The predicted octanol–water partition coefficient (Wildman–Crippen LogP) is 0.227. The molecule has 21 heavy (non-hydrogen) atoms. The summed E-state index contributed by atoms with van der Waals surface area (Å²) < 4.78 is 5.15. The molecule has 1 aliphatic rings. The van der Waals surface area contributed by atoms with Gasteiger partial charge in [-0.25, -0.2) is 4.79 Å². The highest BCUT2D eigenvalue weighted by Crippen LogP contribution is 2.27. The van der Waals surface area contributed by atoms with E-state index in [1.807, 2.05) is 0 Å². The Labute approximate surface area is 121 Å². The third-order valence-corrected chi connectivity index (χ3v) is 2.93. The van der Waals surface area contributed by atoms with E-state index < -0.39 is 18.0 Å². The summed E-state index contributed by atoms with van der Waals surface area (Å²) >= 11 is 0. The van der Waals surface area contributed by atoms with Crippen molar-refractivity contribution in [1.82, 2.24) is 10.2 Å². The summed E-state index contributed by atoms with van der Waals surface area (Å²) in [7, 11) is 0. The number of amidine groups is 1. The second-order valence-electron chi connectivity index (χ2n) is 4.40. The number of benzene rings is 1. The number of primary amides is 1. The fourth-order valence-corrected chi connectivity index (χ4v) is 2.04. The van der Waals surface area contributed by atoms with E-state index in [1.165, 1.54) is 4.90 Å². The number of hydrogen-bond acceptors (Lipinski definition) is 4. The standard InChI is InChI=1S/C14H14N4O3/c1-2-7-18-12(13(16)17-14(18)20)9-3-5-10(6-4-9)21-8-11(15)19/h1,3-6,12H,7-8H2,(H2,15,19)(H2,16,17,20). The lowest BCUT2D eigenvalue weighted by molar-refractivity contribution is -0.119. The number of nitrogens with one attached hydrogen (secondary N) is 2. The highest BCUT2D eigenvalue weighted by molar-refractivity contribution is 6.06. The van der Waals surface area contributed by atoms with E-state index in [1.54, 1.807) is 24.3 Å². The van der Waals surface area contributed by atoms with E-state index >= 15 is 0 Å². The average molecular weight is 286 g/mol. The molecule has 3 amide bonds. The van der Waals surface area contributed by atoms with Gasteiger partial charge in [-0.3, -0.25) is 20.4 Å². The summed E-state index contributed by atoms with van der Waals surface area (Å²) in [6.07, 6.45) is 5.24. The number of rotatable bonds is 5. The highest BCUT2D eigenvalue weighted by atomic mass is 16.5. The van der Waals surface area contributed by atoms with Gasteiger partial charge < -0.3 is 10.5 Å². The Hall–Kier alpha value is -3.01. The highest BCUT2D eigenvalue weighted by Gasteiger charge is 2.36. The van der Waals surface area contributed by atoms with E-state index in [4.69, 9.17) is 22.3 Å². The molecule has 0 aromatic heterocycles. The zero-order chi connectivity index (χ0) is 15.4. The van der Waals surface area contributed by atoms with E-state index in [0.29, 0.717) is 5.75 Å². The fraction of sp³-hybridized carbons (Fsp3) is 0.214. The van der Waals surface area contributed by atoms with Crippen molar-refractivity contribution in [3.8, 4) is 18.1 Å². The molecule has 1 aliphatic heterocycles. The molecule has 1 saturated heterocycles. The first-order chi connectivity index (χ1) is 10.0. The van der Waals surface area contributed by atoms with Crippen LogP contribution in [0.1, 0.15) is 11.6 Å². The second-order valence-corrected chi connectivity index (χ2v) is 4.40. The topological polar surface area (TPSA) is 109 Å². The number of urea groups is 1. The Morgan fingerprint density at radius 3 is 2.71 bits per heavy atom. The first kappa shape index (κ1) is 14.4. The number of carbonyl (C=O) groups is 2. The Morgan fingerprint density at radius 2 is 2.14 bits per heavy atom. The lowest BCUT2D eigenvalue weighted by Gasteiger charge is -2.20. The smallest absolute Gasteiger partial charge is 0.324 e. The molecule has 0 spiro atoms. The zero-order valence-electron chi connectivity index (χ0n) is 11.1. The van der Waals surface area contributed by atoms with Crippen molar-refractivity contribution in [1.29, 1.82) is 5.41 Å². The quantitative estimate of drug-likeness (QED) is 0.674. The van der Waals surface area contributed by atoms with Crippen LogP contribution in [0.4, 0.5) is 4.79 Å². The summed E-state index contributed by atoms with van der Waals surface area (Å²) in [5, 5.41) is 10.3. The Kier molecular flexibility index (Phi) is 4.09. The van der Waals surface area contributed by atoms with Crippen LogP contribution in [0.2, 0.25) is 0 Å². The van der Waals surface area contributed by atoms with E-state index in [9.17, 15) is 9.59 Å². The first-order valence-electron chi connectivity index (χ1n) is 6.13. The van der Waals surface area contributed by atoms with Crippen LogP contribution in [0.25, 0.3) is 0 Å². The molecule has 1 aromatic rings. The van der Waals surface area contributed by atoms with Crippen LogP contribution in [0.3, 0.4) is 0 Å². The van der Waals surface area contributed by atoms with Crippen molar-refractivity contribution in [3.05, 3.63) is 29.8 Å². The van der Waals surface area contributed by atoms with Gasteiger partial charge in [0.25, 0.3) is 5.91 Å². The number of nitrogens with two attached hydrogens (primary N) is 1. The summed E-state index contributed by atoms with van der Waals surface area (Å²) in [5.74, 6) is 2.38. The zero-order valence-corrected chi connectivity index (χ0v) is 11.1. The Balaban J connectivity index is 2.17. The predicted molar refractivity (Wildman–Crippen MR) is 75.7 cm³/mol. The molecule has 108 valence electrons. The van der Waals surface area contributed by atoms with Crippen molar-refractivity contribution in [2.75, 3.05) is 13.2 Å². The van der Waals surface area contributed by atoms with Gasteiger partial charge in [-0.15, -0.1) is 6.42 Å². The van der Waals surface area contributed by atoms with Crippen LogP contribution in [-0.2, 0) is 4.79 Å². The fourth-order valence-electron chi connectivity index (χ4n) is 2.04. The molecular weight excluding hydrogens is 272 g/mol. The molecule has 1 aromatic carbocycles. The average Bonchev–Trinajstić information content (AvgIpc) is 2.72. The maximum atomic E-state index is 11.7. The van der Waals surface area contributed by atoms with Gasteiger partial charge in [0.1, 0.15) is 17.6 Å². The molecule has 1 fully saturated rings. The molecule has 0 aliphatic carbocycles. The Morgan fingerprint density at radius 1 is 1.48 bits per heavy atom. The lowest BCUT2D eigenvalue weighted by atomic mass is 10.1. The number of carbonyl (C=O) groups excluding carboxylic acids is 2. The minimum absolute atomic E-state index is 0.0704. The van der Waals surface area contributed by atoms with Crippen molar-refractivity contribution in [2.45, 2.75) is 6.04 Å². The number of nitrogens with zero attached hydrogens (tertiary/aromatic N) is 1. The summed E-state index contributed by atoms with van der Waals surface area (Å²) in [6, 6.07) is 5.76. The first-order valence-corrected chi connectivity index (χ1v) is 6.13. The van der Waals surface area contributed by atoms with Crippen LogP contribution in [0.15, 0.2) is 24.3 Å². The van der Waals surface area contributed by atoms with Gasteiger partial charge in [-0.05, 0) is 17.7 Å². The van der Waals surface area contributed by atoms with Crippen molar-refractivity contribution in [2.24, 2.45) is 5.73 Å². The van der Waals surface area contributed by atoms with Crippen molar-refractivity contribution >= 4 is 17.8 Å². The third-order valence-electron chi connectivity index (χ3n) is 2.93. The monoisotopic (exact) mass is 286 g/mol. The van der Waals surface area contributed by atoms with Gasteiger partial charge in [-0.1, -0.05) is 18.1 Å². The molecular formula is C14H14N4O3. The summed E-state index contributed by atoms with van der Waals surface area (Å²) in [6.45, 7) is -0.0966. The summed E-state index contributed by atoms with van der Waals surface area (Å²) in [5.41, 5.74) is 5.71. The number of ether oxygens (including phenoxy) is 1. The molecule has 1 heterocycles. The summed E-state index contributed by atoms with van der Waals surface area (Å²) in [4.78, 5) is 23.7. The molecule has 1 atom stereocenters. The van der Waals surface area contributed by atoms with Gasteiger partial charge >= 0.3 is 6.03 Å². The minimum atomic E-state index is -0.563. The van der Waals surface area contributed by atoms with E-state index in [0.717, 1.165) is 5.56 Å². The maximum Gasteiger partial charge on any atom is 0.324 e. The van der Waals surface area contributed by atoms with E-state index in [2.05, 4.69) is 11.2 Å². The molecule has 4 N–H and O–H groups in total. The largest absolute Gasteiger partial charge is 0.484 e. The van der Waals surface area contributed by atoms with Gasteiger partial charge in [0.15, 0.2) is 6.61 Å². The number of hydrogen-bond donors (Lipinski definition) is 3. The number of amides is 3. The van der Waals surface area contributed by atoms with Crippen molar-refractivity contribution < 1.29 is 14.3 Å². The Bertz CT molecular complexity index is 618. The molecule has 7 heteroatoms. The molecule has 0 saturated carbocycles. The molecule has 2 rings (SSSR count). The van der Waals surface area contributed by atoms with Gasteiger partial charge in [-0.2, -0.15) is 0 Å². The lowest BCUT2D eigenvalue weighted by Crippen LogP contribution is -2.30. The van der Waals surface area contributed by atoms with Crippen LogP contribution >= 0.6 is 0 Å². The molecule has 1 unspecified atom stereocenters. The second kappa shape index (κ2) is 5.96. The normalized spacial score (nSPS) is 17.3. The van der Waals surface area contributed by atoms with Crippen LogP contribution in [0, 0.1) is 17.8 Å². The maximum absolute atomic E-state index is 11.7. The van der Waals surface area contributed by atoms with E-state index in [-0.39, 0.29) is 19.0 Å². The van der Waals surface area contributed by atoms with Crippen LogP contribution in [0.5, 0.6) is 5.75 Å². The van der Waals surface area contributed by atoms with Gasteiger partial charge in [0.05, 0.1) is 6.54 Å². The number of terminal acetylenes is 1. The molecule has 0 bridgehead atoms.